The Kier molecular flexibility index (Phi) is 3.18. The van der Waals surface area contributed by atoms with Gasteiger partial charge in [-0.25, -0.2) is 9.37 Å². The third-order valence-corrected chi connectivity index (χ3v) is 2.09. The summed E-state index contributed by atoms with van der Waals surface area (Å²) in [4.78, 5) is 8.25. The van der Waals surface area contributed by atoms with Gasteiger partial charge in [-0.2, -0.15) is 4.98 Å². The zero-order valence-electron chi connectivity index (χ0n) is 9.57. The van der Waals surface area contributed by atoms with Crippen LogP contribution in [-0.4, -0.2) is 17.0 Å². The largest absolute Gasteiger partial charge is 0.439 e. The molecule has 1 heterocycles. The molecule has 0 aliphatic rings. The van der Waals surface area contributed by atoms with Crippen LogP contribution in [0.2, 0.25) is 0 Å². The third-order valence-electron chi connectivity index (χ3n) is 2.09. The molecule has 0 spiro atoms. The average molecular weight is 233 g/mol. The molecule has 0 fully saturated rings. The molecule has 0 aliphatic heterocycles. The van der Waals surface area contributed by atoms with Crippen LogP contribution in [-0.2, 0) is 0 Å². The van der Waals surface area contributed by atoms with Crippen molar-refractivity contribution < 1.29 is 9.13 Å². The van der Waals surface area contributed by atoms with Gasteiger partial charge in [0.1, 0.15) is 23.2 Å². The molecule has 17 heavy (non-hydrogen) atoms. The molecule has 88 valence electrons. The molecule has 5 heteroatoms. The first-order valence-electron chi connectivity index (χ1n) is 5.14. The lowest BCUT2D eigenvalue weighted by atomic mass is 10.3. The monoisotopic (exact) mass is 233 g/mol. The topological polar surface area (TPSA) is 47.0 Å². The molecule has 0 unspecified atom stereocenters. The number of anilines is 1. The molecule has 1 aromatic carbocycles. The first kappa shape index (κ1) is 11.3. The minimum absolute atomic E-state index is 0.345. The minimum atomic E-state index is -0.345. The lowest BCUT2D eigenvalue weighted by Crippen LogP contribution is -1.98. The van der Waals surface area contributed by atoms with Crippen LogP contribution in [0.25, 0.3) is 0 Å². The second-order valence-electron chi connectivity index (χ2n) is 3.45. The van der Waals surface area contributed by atoms with Gasteiger partial charge in [0.2, 0.25) is 5.88 Å². The van der Waals surface area contributed by atoms with E-state index in [1.165, 1.54) is 12.1 Å². The maximum absolute atomic E-state index is 13.0. The zero-order valence-corrected chi connectivity index (χ0v) is 9.57. The summed E-state index contributed by atoms with van der Waals surface area (Å²) < 4.78 is 18.4. The molecule has 4 nitrogen and oxygen atoms in total. The van der Waals surface area contributed by atoms with E-state index in [2.05, 4.69) is 15.3 Å². The molecule has 2 aromatic rings. The van der Waals surface area contributed by atoms with Crippen LogP contribution in [0.3, 0.4) is 0 Å². The highest BCUT2D eigenvalue weighted by molar-refractivity contribution is 5.39. The Bertz CT molecular complexity index is 531. The first-order valence-corrected chi connectivity index (χ1v) is 5.14. The van der Waals surface area contributed by atoms with E-state index in [4.69, 9.17) is 4.74 Å². The number of aromatic nitrogens is 2. The Balaban J connectivity index is 2.26. The van der Waals surface area contributed by atoms with E-state index in [1.807, 2.05) is 0 Å². The highest BCUT2D eigenvalue weighted by Gasteiger charge is 2.03. The lowest BCUT2D eigenvalue weighted by Gasteiger charge is -2.07. The SMILES string of the molecule is CNc1cc(Oc2cccc(F)c2)nc(C)n1. The molecule has 2 rings (SSSR count). The number of halogens is 1. The smallest absolute Gasteiger partial charge is 0.224 e. The number of aryl methyl sites for hydroxylation is 1. The van der Waals surface area contributed by atoms with Gasteiger partial charge in [-0.3, -0.25) is 0 Å². The molecule has 0 atom stereocenters. The van der Waals surface area contributed by atoms with E-state index in [0.717, 1.165) is 0 Å². The van der Waals surface area contributed by atoms with Gasteiger partial charge in [0.15, 0.2) is 0 Å². The summed E-state index contributed by atoms with van der Waals surface area (Å²) in [5.74, 6) is 1.69. The second-order valence-corrected chi connectivity index (χ2v) is 3.45. The van der Waals surface area contributed by atoms with E-state index in [9.17, 15) is 4.39 Å². The molecule has 0 bridgehead atoms. The number of nitrogens with zero attached hydrogens (tertiary/aromatic N) is 2. The molecule has 0 radical (unpaired) electrons. The highest BCUT2D eigenvalue weighted by atomic mass is 19.1. The van der Waals surface area contributed by atoms with Gasteiger partial charge in [0, 0.05) is 19.2 Å². The summed E-state index contributed by atoms with van der Waals surface area (Å²) in [6.07, 6.45) is 0. The van der Waals surface area contributed by atoms with E-state index < -0.39 is 0 Å². The molecule has 1 aromatic heterocycles. The van der Waals surface area contributed by atoms with Gasteiger partial charge in [-0.1, -0.05) is 6.07 Å². The Labute approximate surface area is 98.5 Å². The molecule has 0 saturated heterocycles. The molecule has 0 saturated carbocycles. The van der Waals surface area contributed by atoms with Gasteiger partial charge in [0.05, 0.1) is 0 Å². The number of benzene rings is 1. The standard InChI is InChI=1S/C12H12FN3O/c1-8-15-11(14-2)7-12(16-8)17-10-5-3-4-9(13)6-10/h3-7H,1-2H3,(H,14,15,16). The van der Waals surface area contributed by atoms with Crippen molar-refractivity contribution in [3.05, 3.63) is 42.0 Å². The Morgan fingerprint density at radius 3 is 2.76 bits per heavy atom. The maximum atomic E-state index is 13.0. The van der Waals surface area contributed by atoms with Crippen LogP contribution in [0.15, 0.2) is 30.3 Å². The minimum Gasteiger partial charge on any atom is -0.439 e. The summed E-state index contributed by atoms with van der Waals surface area (Å²) in [6, 6.07) is 7.56. The van der Waals surface area contributed by atoms with Crippen LogP contribution >= 0.6 is 0 Å². The van der Waals surface area contributed by atoms with E-state index in [1.54, 1.807) is 32.2 Å². The van der Waals surface area contributed by atoms with Crippen molar-refractivity contribution in [2.24, 2.45) is 0 Å². The van der Waals surface area contributed by atoms with Crippen molar-refractivity contribution in [3.8, 4) is 11.6 Å². The number of hydrogen-bond donors (Lipinski definition) is 1. The van der Waals surface area contributed by atoms with Gasteiger partial charge < -0.3 is 10.1 Å². The number of nitrogens with one attached hydrogen (secondary N) is 1. The van der Waals surface area contributed by atoms with Crippen molar-refractivity contribution in [1.82, 2.24) is 9.97 Å². The predicted octanol–water partition coefficient (Wildman–Crippen LogP) is 2.76. The second kappa shape index (κ2) is 4.78. The normalized spacial score (nSPS) is 10.1. The third kappa shape index (κ3) is 2.90. The van der Waals surface area contributed by atoms with Crippen LogP contribution in [0.1, 0.15) is 5.82 Å². The first-order chi connectivity index (χ1) is 8.17. The van der Waals surface area contributed by atoms with Crippen LogP contribution in [0.5, 0.6) is 11.6 Å². The summed E-state index contributed by atoms with van der Waals surface area (Å²) >= 11 is 0. The fourth-order valence-corrected chi connectivity index (χ4v) is 1.37. The van der Waals surface area contributed by atoms with Crippen LogP contribution in [0, 0.1) is 12.7 Å². The van der Waals surface area contributed by atoms with E-state index in [0.29, 0.717) is 23.3 Å². The lowest BCUT2D eigenvalue weighted by molar-refractivity contribution is 0.455. The van der Waals surface area contributed by atoms with Gasteiger partial charge in [-0.05, 0) is 19.1 Å². The van der Waals surface area contributed by atoms with Crippen molar-refractivity contribution in [3.63, 3.8) is 0 Å². The molecule has 1 N–H and O–H groups in total. The quantitative estimate of drug-likeness (QED) is 0.885. The summed E-state index contributed by atoms with van der Waals surface area (Å²) in [5, 5.41) is 2.90. The zero-order chi connectivity index (χ0) is 12.3. The van der Waals surface area contributed by atoms with Crippen LogP contribution < -0.4 is 10.1 Å². The Morgan fingerprint density at radius 2 is 2.06 bits per heavy atom. The summed E-state index contributed by atoms with van der Waals surface area (Å²) in [7, 11) is 1.76. The Morgan fingerprint density at radius 1 is 1.24 bits per heavy atom. The van der Waals surface area contributed by atoms with Crippen molar-refractivity contribution >= 4 is 5.82 Å². The van der Waals surface area contributed by atoms with E-state index in [-0.39, 0.29) is 5.82 Å². The van der Waals surface area contributed by atoms with Gasteiger partial charge >= 0.3 is 0 Å². The number of hydrogen-bond acceptors (Lipinski definition) is 4. The number of ether oxygens (including phenoxy) is 1. The molecular weight excluding hydrogens is 221 g/mol. The van der Waals surface area contributed by atoms with Gasteiger partial charge in [-0.15, -0.1) is 0 Å². The Hall–Kier alpha value is -2.17. The fraction of sp³-hybridized carbons (Fsp3) is 0.167. The summed E-state index contributed by atoms with van der Waals surface area (Å²) in [5.41, 5.74) is 0. The van der Waals surface area contributed by atoms with Crippen molar-refractivity contribution in [1.29, 1.82) is 0 Å². The fourth-order valence-electron chi connectivity index (χ4n) is 1.37. The number of rotatable bonds is 3. The molecular formula is C12H12FN3O. The maximum Gasteiger partial charge on any atom is 0.224 e. The van der Waals surface area contributed by atoms with Crippen LogP contribution in [0.4, 0.5) is 10.2 Å². The van der Waals surface area contributed by atoms with E-state index >= 15 is 0 Å². The van der Waals surface area contributed by atoms with Crippen molar-refractivity contribution in [2.45, 2.75) is 6.92 Å². The molecule has 0 aliphatic carbocycles. The molecule has 0 amide bonds. The average Bonchev–Trinajstić information content (AvgIpc) is 2.28. The highest BCUT2D eigenvalue weighted by Crippen LogP contribution is 2.21. The van der Waals surface area contributed by atoms with Gasteiger partial charge in [0.25, 0.3) is 0 Å². The predicted molar refractivity (Wildman–Crippen MR) is 62.8 cm³/mol. The van der Waals surface area contributed by atoms with Crippen molar-refractivity contribution in [2.75, 3.05) is 12.4 Å². The summed E-state index contributed by atoms with van der Waals surface area (Å²) in [6.45, 7) is 1.76.